The summed E-state index contributed by atoms with van der Waals surface area (Å²) < 4.78 is 25.3. The van der Waals surface area contributed by atoms with Gasteiger partial charge in [0.15, 0.2) is 5.78 Å². The number of Topliss-reactive ketones (excluding diaryl/α,β-unsaturated/α-hetero) is 1. The number of amides is 1. The molecule has 2 atom stereocenters. The summed E-state index contributed by atoms with van der Waals surface area (Å²) in [6, 6.07) is 6.67. The highest BCUT2D eigenvalue weighted by Crippen LogP contribution is 2.24. The Labute approximate surface area is 203 Å². The van der Waals surface area contributed by atoms with Gasteiger partial charge in [0.05, 0.1) is 13.7 Å². The Balaban J connectivity index is 2.59. The first-order valence-corrected chi connectivity index (χ1v) is 11.3. The number of ketones is 1. The molecule has 0 aliphatic heterocycles. The minimum Gasteiger partial charge on any atom is -0.497 e. The van der Waals surface area contributed by atoms with Gasteiger partial charge in [-0.1, -0.05) is 19.1 Å². The number of nitrogens with one attached hydrogen (secondary N) is 1. The monoisotopic (exact) mass is 489 g/mol. The second-order valence-corrected chi connectivity index (χ2v) is 9.01. The SMILES string of the molecule is CCCC(=O)NC(C(=O)CF)C(C(=O)OC(C)(C)C)c1ccnn(Cc2cccc(OC)c2)c1=O. The van der Waals surface area contributed by atoms with E-state index in [0.29, 0.717) is 17.7 Å². The number of hydrogen-bond donors (Lipinski definition) is 1. The zero-order valence-corrected chi connectivity index (χ0v) is 20.7. The Morgan fingerprint density at radius 1 is 1.20 bits per heavy atom. The van der Waals surface area contributed by atoms with Crippen LogP contribution in [0.25, 0.3) is 0 Å². The number of benzene rings is 1. The molecule has 9 nitrogen and oxygen atoms in total. The van der Waals surface area contributed by atoms with Crippen LogP contribution in [0.5, 0.6) is 5.75 Å². The van der Waals surface area contributed by atoms with E-state index in [9.17, 15) is 23.6 Å². The molecule has 0 bridgehead atoms. The highest BCUT2D eigenvalue weighted by atomic mass is 19.1. The van der Waals surface area contributed by atoms with Gasteiger partial charge in [-0.15, -0.1) is 0 Å². The first-order valence-electron chi connectivity index (χ1n) is 11.3. The summed E-state index contributed by atoms with van der Waals surface area (Å²) in [5.41, 5.74) is -1.07. The predicted molar refractivity (Wildman–Crippen MR) is 127 cm³/mol. The van der Waals surface area contributed by atoms with Crippen LogP contribution in [-0.2, 0) is 25.7 Å². The van der Waals surface area contributed by atoms with E-state index in [1.807, 2.05) is 0 Å². The summed E-state index contributed by atoms with van der Waals surface area (Å²) in [6.45, 7) is 5.25. The second-order valence-electron chi connectivity index (χ2n) is 9.01. The van der Waals surface area contributed by atoms with Crippen LogP contribution in [0.15, 0.2) is 41.3 Å². The van der Waals surface area contributed by atoms with Gasteiger partial charge in [0, 0.05) is 18.2 Å². The maximum absolute atomic E-state index is 13.5. The molecule has 0 aliphatic rings. The van der Waals surface area contributed by atoms with Gasteiger partial charge in [-0.05, 0) is 51.0 Å². The summed E-state index contributed by atoms with van der Waals surface area (Å²) in [7, 11) is 1.52. The highest BCUT2D eigenvalue weighted by Gasteiger charge is 2.40. The largest absolute Gasteiger partial charge is 0.497 e. The van der Waals surface area contributed by atoms with Crippen molar-refractivity contribution < 1.29 is 28.2 Å². The molecule has 10 heteroatoms. The molecule has 0 aliphatic carbocycles. The lowest BCUT2D eigenvalue weighted by Crippen LogP contribution is -2.50. The van der Waals surface area contributed by atoms with Crippen molar-refractivity contribution in [3.05, 3.63) is 58.0 Å². The molecule has 190 valence electrons. The molecule has 2 rings (SSSR count). The molecule has 0 radical (unpaired) electrons. The molecule has 1 N–H and O–H groups in total. The van der Waals surface area contributed by atoms with Gasteiger partial charge in [-0.3, -0.25) is 19.2 Å². The Bertz CT molecular complexity index is 1110. The van der Waals surface area contributed by atoms with Crippen LogP contribution in [0.2, 0.25) is 0 Å². The summed E-state index contributed by atoms with van der Waals surface area (Å²) >= 11 is 0. The number of carbonyl (C=O) groups is 3. The van der Waals surface area contributed by atoms with Gasteiger partial charge in [-0.2, -0.15) is 5.10 Å². The standard InChI is InChI=1S/C25H32FN3O6/c1-6-8-20(31)28-22(19(30)14-26)21(24(33)35-25(2,3)4)18-11-12-27-29(23(18)32)15-16-9-7-10-17(13-16)34-5/h7,9-13,21-22H,6,8,14-15H2,1-5H3,(H,28,31). The van der Waals surface area contributed by atoms with E-state index < -0.39 is 47.5 Å². The molecule has 0 saturated carbocycles. The van der Waals surface area contributed by atoms with Gasteiger partial charge in [0.25, 0.3) is 5.56 Å². The number of methoxy groups -OCH3 is 1. The van der Waals surface area contributed by atoms with Crippen molar-refractivity contribution in [2.45, 2.75) is 64.6 Å². The number of halogens is 1. The second kappa shape index (κ2) is 12.2. The Kier molecular flexibility index (Phi) is 9.68. The molecule has 1 aromatic heterocycles. The quantitative estimate of drug-likeness (QED) is 0.482. The smallest absolute Gasteiger partial charge is 0.316 e. The van der Waals surface area contributed by atoms with Crippen molar-refractivity contribution >= 4 is 17.7 Å². The molecule has 2 aromatic rings. The maximum atomic E-state index is 13.5. The zero-order chi connectivity index (χ0) is 26.2. The maximum Gasteiger partial charge on any atom is 0.316 e. The number of ether oxygens (including phenoxy) is 2. The third-order valence-corrected chi connectivity index (χ3v) is 5.01. The Morgan fingerprint density at radius 2 is 1.91 bits per heavy atom. The number of hydrogen-bond acceptors (Lipinski definition) is 7. The van der Waals surface area contributed by atoms with Crippen molar-refractivity contribution in [2.75, 3.05) is 13.8 Å². The highest BCUT2D eigenvalue weighted by molar-refractivity contribution is 5.96. The van der Waals surface area contributed by atoms with Gasteiger partial charge in [0.2, 0.25) is 5.91 Å². The lowest BCUT2D eigenvalue weighted by Gasteiger charge is -2.28. The van der Waals surface area contributed by atoms with Gasteiger partial charge >= 0.3 is 5.97 Å². The van der Waals surface area contributed by atoms with E-state index in [-0.39, 0.29) is 18.5 Å². The molecule has 1 amide bonds. The third kappa shape index (κ3) is 7.73. The fraction of sp³-hybridized carbons (Fsp3) is 0.480. The number of carbonyl (C=O) groups excluding carboxylic acids is 3. The third-order valence-electron chi connectivity index (χ3n) is 5.01. The van der Waals surface area contributed by atoms with Crippen molar-refractivity contribution in [3.63, 3.8) is 0 Å². The minimum atomic E-state index is -1.62. The molecule has 0 saturated heterocycles. The number of alkyl halides is 1. The van der Waals surface area contributed by atoms with E-state index >= 15 is 0 Å². The summed E-state index contributed by atoms with van der Waals surface area (Å²) in [4.78, 5) is 51.5. The predicted octanol–water partition coefficient (Wildman–Crippen LogP) is 2.55. The van der Waals surface area contributed by atoms with Crippen molar-refractivity contribution in [2.24, 2.45) is 0 Å². The number of rotatable bonds is 11. The Hall–Kier alpha value is -3.56. The van der Waals surface area contributed by atoms with Crippen molar-refractivity contribution in [1.29, 1.82) is 0 Å². The topological polar surface area (TPSA) is 117 Å². The van der Waals surface area contributed by atoms with Crippen LogP contribution in [0, 0.1) is 0 Å². The average Bonchev–Trinajstić information content (AvgIpc) is 2.79. The first-order chi connectivity index (χ1) is 16.5. The van der Waals surface area contributed by atoms with Crippen LogP contribution >= 0.6 is 0 Å². The normalized spacial score (nSPS) is 13.0. The molecule has 2 unspecified atom stereocenters. The van der Waals surface area contributed by atoms with Gasteiger partial charge in [0.1, 0.15) is 30.0 Å². The van der Waals surface area contributed by atoms with Crippen LogP contribution in [0.1, 0.15) is 57.6 Å². The Morgan fingerprint density at radius 3 is 2.51 bits per heavy atom. The fourth-order valence-corrected chi connectivity index (χ4v) is 3.47. The van der Waals surface area contributed by atoms with Crippen molar-refractivity contribution in [1.82, 2.24) is 15.1 Å². The lowest BCUT2D eigenvalue weighted by molar-refractivity contribution is -0.158. The zero-order valence-electron chi connectivity index (χ0n) is 20.7. The number of aromatic nitrogens is 2. The molecule has 0 fully saturated rings. The van der Waals surface area contributed by atoms with E-state index in [1.165, 1.54) is 19.4 Å². The molecular formula is C25H32FN3O6. The van der Waals surface area contributed by atoms with Crippen LogP contribution < -0.4 is 15.6 Å². The molecule has 1 heterocycles. The van der Waals surface area contributed by atoms with Crippen molar-refractivity contribution in [3.8, 4) is 5.75 Å². The molecule has 1 aromatic carbocycles. The first kappa shape index (κ1) is 27.7. The molecule has 0 spiro atoms. The average molecular weight is 490 g/mol. The minimum absolute atomic E-state index is 0.0504. The van der Waals surface area contributed by atoms with Crippen LogP contribution in [-0.4, -0.2) is 52.9 Å². The lowest BCUT2D eigenvalue weighted by atomic mass is 9.89. The number of nitrogens with zero attached hydrogens (tertiary/aromatic N) is 2. The van der Waals surface area contributed by atoms with E-state index in [1.54, 1.807) is 52.0 Å². The number of esters is 1. The van der Waals surface area contributed by atoms with Crippen LogP contribution in [0.4, 0.5) is 4.39 Å². The van der Waals surface area contributed by atoms with E-state index in [0.717, 1.165) is 4.68 Å². The van der Waals surface area contributed by atoms with Gasteiger partial charge in [-0.25, -0.2) is 9.07 Å². The molecule has 35 heavy (non-hydrogen) atoms. The molecular weight excluding hydrogens is 457 g/mol. The fourth-order valence-electron chi connectivity index (χ4n) is 3.47. The van der Waals surface area contributed by atoms with Crippen LogP contribution in [0.3, 0.4) is 0 Å². The summed E-state index contributed by atoms with van der Waals surface area (Å²) in [6.07, 6.45) is 1.84. The van der Waals surface area contributed by atoms with E-state index in [2.05, 4.69) is 10.4 Å². The summed E-state index contributed by atoms with van der Waals surface area (Å²) in [5.74, 6) is -3.49. The summed E-state index contributed by atoms with van der Waals surface area (Å²) in [5, 5.41) is 6.52. The van der Waals surface area contributed by atoms with Gasteiger partial charge < -0.3 is 14.8 Å². The van der Waals surface area contributed by atoms with E-state index in [4.69, 9.17) is 9.47 Å².